The van der Waals surface area contributed by atoms with Gasteiger partial charge in [0.15, 0.2) is 15.0 Å². The molecule has 2 atom stereocenters. The Morgan fingerprint density at radius 3 is 2.50 bits per heavy atom. The summed E-state index contributed by atoms with van der Waals surface area (Å²) in [6, 6.07) is 15.3. The average Bonchev–Trinajstić information content (AvgIpc) is 3.09. The molecule has 5 nitrogen and oxygen atoms in total. The summed E-state index contributed by atoms with van der Waals surface area (Å²) in [5.41, 5.74) is 2.91. The molecule has 0 unspecified atom stereocenters. The van der Waals surface area contributed by atoms with Gasteiger partial charge >= 0.3 is 0 Å². The maximum atomic E-state index is 12.6. The number of rotatable bonds is 3. The number of fused-ring (bicyclic) bond motifs is 1. The average molecular weight is 479 g/mol. The fourth-order valence-electron chi connectivity index (χ4n) is 3.49. The van der Waals surface area contributed by atoms with Crippen LogP contribution in [0.5, 0.6) is 0 Å². The molecule has 2 saturated heterocycles. The van der Waals surface area contributed by atoms with Crippen LogP contribution in [0.1, 0.15) is 11.1 Å². The van der Waals surface area contributed by atoms with Gasteiger partial charge in [-0.15, -0.1) is 0 Å². The Bertz CT molecular complexity index is 1030. The lowest BCUT2D eigenvalue weighted by molar-refractivity contribution is -0.117. The van der Waals surface area contributed by atoms with Crippen LogP contribution in [0.25, 0.3) is 0 Å². The number of thioether (sulfide) groups is 1. The summed E-state index contributed by atoms with van der Waals surface area (Å²) < 4.78 is 25.2. The smallest absolute Gasteiger partial charge is 0.252 e. The molecule has 2 aliphatic rings. The molecule has 0 N–H and O–H groups in total. The topological polar surface area (TPSA) is 66.8 Å². The molecular formula is C20H19BrN2O3S2. The Morgan fingerprint density at radius 2 is 1.82 bits per heavy atom. The van der Waals surface area contributed by atoms with E-state index in [1.54, 1.807) is 0 Å². The number of anilines is 1. The summed E-state index contributed by atoms with van der Waals surface area (Å²) in [4.78, 5) is 18.9. The Kier molecular flexibility index (Phi) is 5.37. The first-order valence-corrected chi connectivity index (χ1v) is 12.4. The van der Waals surface area contributed by atoms with Crippen molar-refractivity contribution in [1.29, 1.82) is 0 Å². The van der Waals surface area contributed by atoms with E-state index in [0.29, 0.717) is 5.17 Å². The van der Waals surface area contributed by atoms with Gasteiger partial charge in [0.25, 0.3) is 5.91 Å². The van der Waals surface area contributed by atoms with Crippen molar-refractivity contribution in [1.82, 2.24) is 0 Å². The number of carbonyl (C=O) groups excluding carboxylic acids is 1. The van der Waals surface area contributed by atoms with Gasteiger partial charge in [0.05, 0.1) is 24.0 Å². The fourth-order valence-corrected chi connectivity index (χ4v) is 7.69. The van der Waals surface area contributed by atoms with Gasteiger partial charge in [0, 0.05) is 15.4 Å². The Morgan fingerprint density at radius 1 is 1.14 bits per heavy atom. The van der Waals surface area contributed by atoms with E-state index < -0.39 is 9.84 Å². The molecule has 28 heavy (non-hydrogen) atoms. The summed E-state index contributed by atoms with van der Waals surface area (Å²) in [7, 11) is -3.07. The SMILES string of the molecule is Cc1ccc(CC(=O)N=C2S[C@H]3CS(=O)(=O)C[C@H]3N2c2ccc(Br)cc2)cc1. The molecule has 146 valence electrons. The first-order chi connectivity index (χ1) is 13.3. The van der Waals surface area contributed by atoms with E-state index in [0.717, 1.165) is 21.3 Å². The molecular weight excluding hydrogens is 460 g/mol. The van der Waals surface area contributed by atoms with E-state index in [1.807, 2.05) is 60.4 Å². The van der Waals surface area contributed by atoms with Gasteiger partial charge in [0.2, 0.25) is 0 Å². The number of sulfone groups is 1. The standard InChI is InChI=1S/C20H19BrN2O3S2/c1-13-2-4-14(5-3-13)10-19(24)22-20-23(16-8-6-15(21)7-9-16)17-11-28(25,26)12-18(17)27-20/h2-9,17-18H,10-12H2,1H3/t17-,18+/m1/s1. The molecule has 2 fully saturated rings. The summed E-state index contributed by atoms with van der Waals surface area (Å²) in [6.45, 7) is 2.00. The highest BCUT2D eigenvalue weighted by Crippen LogP contribution is 2.41. The lowest BCUT2D eigenvalue weighted by atomic mass is 10.1. The molecule has 0 bridgehead atoms. The number of hydrogen-bond donors (Lipinski definition) is 0. The maximum absolute atomic E-state index is 12.6. The van der Waals surface area contributed by atoms with Gasteiger partial charge in [-0.05, 0) is 36.8 Å². The Labute approximate surface area is 177 Å². The fraction of sp³-hybridized carbons (Fsp3) is 0.300. The summed E-state index contributed by atoms with van der Waals surface area (Å²) in [5, 5.41) is 0.490. The van der Waals surface area contributed by atoms with Crippen molar-refractivity contribution >= 4 is 54.3 Å². The van der Waals surface area contributed by atoms with Crippen molar-refractivity contribution in [2.24, 2.45) is 4.99 Å². The molecule has 8 heteroatoms. The number of aliphatic imine (C=N–C) groups is 1. The minimum absolute atomic E-state index is 0.0892. The number of benzene rings is 2. The number of carbonyl (C=O) groups is 1. The predicted octanol–water partition coefficient (Wildman–Crippen LogP) is 3.60. The van der Waals surface area contributed by atoms with Crippen molar-refractivity contribution in [3.63, 3.8) is 0 Å². The van der Waals surface area contributed by atoms with Crippen molar-refractivity contribution < 1.29 is 13.2 Å². The van der Waals surface area contributed by atoms with Gasteiger partial charge < -0.3 is 4.90 Å². The second-order valence-corrected chi connectivity index (χ2v) is 11.4. The third-order valence-electron chi connectivity index (χ3n) is 4.87. The summed E-state index contributed by atoms with van der Waals surface area (Å²) in [6.07, 6.45) is 0.228. The number of aryl methyl sites for hydroxylation is 1. The lowest BCUT2D eigenvalue weighted by Crippen LogP contribution is -2.37. The van der Waals surface area contributed by atoms with Crippen LogP contribution in [0.2, 0.25) is 0 Å². The number of amides is 1. The minimum atomic E-state index is -3.07. The van der Waals surface area contributed by atoms with E-state index in [1.165, 1.54) is 11.8 Å². The highest BCUT2D eigenvalue weighted by Gasteiger charge is 2.49. The molecule has 0 aromatic heterocycles. The van der Waals surface area contributed by atoms with Crippen LogP contribution in [0.3, 0.4) is 0 Å². The molecule has 0 aliphatic carbocycles. The van der Waals surface area contributed by atoms with E-state index in [4.69, 9.17) is 0 Å². The number of amidine groups is 1. The van der Waals surface area contributed by atoms with Crippen molar-refractivity contribution in [3.8, 4) is 0 Å². The van der Waals surface area contributed by atoms with Crippen molar-refractivity contribution in [2.45, 2.75) is 24.6 Å². The predicted molar refractivity (Wildman–Crippen MR) is 118 cm³/mol. The van der Waals surface area contributed by atoms with Crippen LogP contribution in [-0.4, -0.2) is 42.3 Å². The van der Waals surface area contributed by atoms with Crippen molar-refractivity contribution in [2.75, 3.05) is 16.4 Å². The van der Waals surface area contributed by atoms with E-state index >= 15 is 0 Å². The Hall–Kier alpha value is -1.64. The molecule has 1 amide bonds. The monoisotopic (exact) mass is 478 g/mol. The molecule has 0 spiro atoms. The highest BCUT2D eigenvalue weighted by atomic mass is 79.9. The molecule has 0 saturated carbocycles. The molecule has 0 radical (unpaired) electrons. The molecule has 4 rings (SSSR count). The van der Waals surface area contributed by atoms with E-state index in [9.17, 15) is 13.2 Å². The summed E-state index contributed by atoms with van der Waals surface area (Å²) >= 11 is 4.82. The summed E-state index contributed by atoms with van der Waals surface area (Å²) in [5.74, 6) is -0.0109. The normalized spacial score (nSPS) is 24.5. The molecule has 2 heterocycles. The van der Waals surface area contributed by atoms with Gasteiger partial charge in [-0.2, -0.15) is 4.99 Å². The lowest BCUT2D eigenvalue weighted by Gasteiger charge is -2.24. The quantitative estimate of drug-likeness (QED) is 0.673. The zero-order valence-electron chi connectivity index (χ0n) is 15.2. The molecule has 2 aromatic carbocycles. The van der Waals surface area contributed by atoms with Crippen LogP contribution >= 0.6 is 27.7 Å². The van der Waals surface area contributed by atoms with Gasteiger partial charge in [-0.25, -0.2) is 8.42 Å². The maximum Gasteiger partial charge on any atom is 0.252 e. The molecule has 2 aliphatic heterocycles. The first kappa shape index (κ1) is 19.7. The molecule has 2 aromatic rings. The van der Waals surface area contributed by atoms with E-state index in [2.05, 4.69) is 20.9 Å². The largest absolute Gasteiger partial charge is 0.316 e. The van der Waals surface area contributed by atoms with E-state index in [-0.39, 0.29) is 35.1 Å². The van der Waals surface area contributed by atoms with Crippen LogP contribution < -0.4 is 4.90 Å². The first-order valence-electron chi connectivity index (χ1n) is 8.90. The second kappa shape index (κ2) is 7.65. The van der Waals surface area contributed by atoms with Crippen LogP contribution in [0, 0.1) is 6.92 Å². The third kappa shape index (κ3) is 4.18. The van der Waals surface area contributed by atoms with Crippen LogP contribution in [-0.2, 0) is 21.1 Å². The minimum Gasteiger partial charge on any atom is -0.316 e. The van der Waals surface area contributed by atoms with Crippen LogP contribution in [0.4, 0.5) is 5.69 Å². The Balaban J connectivity index is 1.62. The third-order valence-corrected chi connectivity index (χ3v) is 8.61. The number of nitrogens with zero attached hydrogens (tertiary/aromatic N) is 2. The van der Waals surface area contributed by atoms with Gasteiger partial charge in [0.1, 0.15) is 0 Å². The van der Waals surface area contributed by atoms with Gasteiger partial charge in [-0.1, -0.05) is 57.5 Å². The number of halogens is 1. The zero-order valence-corrected chi connectivity index (χ0v) is 18.4. The number of hydrogen-bond acceptors (Lipinski definition) is 4. The highest BCUT2D eigenvalue weighted by molar-refractivity contribution is 9.10. The second-order valence-electron chi connectivity index (χ2n) is 7.10. The van der Waals surface area contributed by atoms with Crippen LogP contribution in [0.15, 0.2) is 58.0 Å². The zero-order chi connectivity index (χ0) is 19.9. The van der Waals surface area contributed by atoms with Gasteiger partial charge in [-0.3, -0.25) is 4.79 Å². The van der Waals surface area contributed by atoms with Crippen molar-refractivity contribution in [3.05, 3.63) is 64.1 Å².